The standard InChI is InChI=1S/C31H29ClFN3O7S/c1-40-27-15-13-26(17-30(27)42-3)44(38,39)36(25-11-9-24(33)10-12-25)19-31(37)35-34-18-22-6-14-28(29(16-22)41-2)43-20-21-4-7-23(32)8-5-21/h4-18H,19-20H2,1-3H3,(H,35,37)/b34-18-. The number of nitrogens with one attached hydrogen (secondary N) is 1. The van der Waals surface area contributed by atoms with Gasteiger partial charge in [0.15, 0.2) is 23.0 Å². The molecular formula is C31H29ClFN3O7S. The summed E-state index contributed by atoms with van der Waals surface area (Å²) in [6, 6.07) is 21.1. The predicted molar refractivity (Wildman–Crippen MR) is 165 cm³/mol. The Morgan fingerprint density at radius 3 is 2.16 bits per heavy atom. The van der Waals surface area contributed by atoms with Gasteiger partial charge < -0.3 is 18.9 Å². The maximum atomic E-state index is 13.7. The third-order valence-corrected chi connectivity index (χ3v) is 8.26. The number of methoxy groups -OCH3 is 3. The van der Waals surface area contributed by atoms with E-state index in [2.05, 4.69) is 10.5 Å². The lowest BCUT2D eigenvalue weighted by atomic mass is 10.2. The van der Waals surface area contributed by atoms with E-state index in [-0.39, 0.29) is 16.3 Å². The summed E-state index contributed by atoms with van der Waals surface area (Å²) in [7, 11) is -0.0271. The Labute approximate surface area is 259 Å². The van der Waals surface area contributed by atoms with E-state index in [1.54, 1.807) is 30.3 Å². The highest BCUT2D eigenvalue weighted by atomic mass is 35.5. The van der Waals surface area contributed by atoms with Crippen LogP contribution < -0.4 is 28.7 Å². The first-order valence-electron chi connectivity index (χ1n) is 13.0. The highest BCUT2D eigenvalue weighted by Crippen LogP contribution is 2.32. The van der Waals surface area contributed by atoms with Gasteiger partial charge in [0.25, 0.3) is 15.9 Å². The van der Waals surface area contributed by atoms with Crippen LogP contribution in [0.4, 0.5) is 10.1 Å². The first-order chi connectivity index (χ1) is 21.1. The fraction of sp³-hybridized carbons (Fsp3) is 0.161. The van der Waals surface area contributed by atoms with E-state index in [0.29, 0.717) is 34.4 Å². The van der Waals surface area contributed by atoms with E-state index in [4.69, 9.17) is 30.5 Å². The van der Waals surface area contributed by atoms with Gasteiger partial charge in [-0.2, -0.15) is 5.10 Å². The molecule has 0 aliphatic rings. The molecule has 1 amide bonds. The van der Waals surface area contributed by atoms with E-state index in [1.807, 2.05) is 12.1 Å². The lowest BCUT2D eigenvalue weighted by Crippen LogP contribution is -2.39. The minimum absolute atomic E-state index is 0.0687. The number of hydrogen-bond acceptors (Lipinski definition) is 8. The Bertz CT molecular complexity index is 1730. The number of benzene rings is 4. The molecule has 0 spiro atoms. The second-order valence-corrected chi connectivity index (χ2v) is 11.4. The van der Waals surface area contributed by atoms with Crippen molar-refractivity contribution in [3.8, 4) is 23.0 Å². The third-order valence-electron chi connectivity index (χ3n) is 6.24. The van der Waals surface area contributed by atoms with Gasteiger partial charge in [-0.1, -0.05) is 23.7 Å². The van der Waals surface area contributed by atoms with Crippen molar-refractivity contribution in [3.05, 3.63) is 107 Å². The van der Waals surface area contributed by atoms with Crippen LogP contribution in [-0.2, 0) is 21.4 Å². The zero-order chi connectivity index (χ0) is 31.7. The van der Waals surface area contributed by atoms with Crippen molar-refractivity contribution in [2.75, 3.05) is 32.2 Å². The highest BCUT2D eigenvalue weighted by Gasteiger charge is 2.28. The largest absolute Gasteiger partial charge is 0.493 e. The zero-order valence-electron chi connectivity index (χ0n) is 24.0. The zero-order valence-corrected chi connectivity index (χ0v) is 25.6. The number of amides is 1. The third kappa shape index (κ3) is 7.97. The quantitative estimate of drug-likeness (QED) is 0.153. The Morgan fingerprint density at radius 1 is 0.864 bits per heavy atom. The smallest absolute Gasteiger partial charge is 0.264 e. The van der Waals surface area contributed by atoms with Gasteiger partial charge in [0.1, 0.15) is 19.0 Å². The van der Waals surface area contributed by atoms with Crippen molar-refractivity contribution in [2.24, 2.45) is 5.10 Å². The van der Waals surface area contributed by atoms with Crippen LogP contribution in [0.1, 0.15) is 11.1 Å². The van der Waals surface area contributed by atoms with E-state index in [9.17, 15) is 17.6 Å². The Kier molecular flexibility index (Phi) is 10.6. The molecule has 10 nitrogen and oxygen atoms in total. The summed E-state index contributed by atoms with van der Waals surface area (Å²) in [4.78, 5) is 12.7. The molecule has 1 N–H and O–H groups in total. The summed E-state index contributed by atoms with van der Waals surface area (Å²) in [6.45, 7) is -0.353. The molecule has 0 saturated carbocycles. The Morgan fingerprint density at radius 2 is 1.50 bits per heavy atom. The minimum Gasteiger partial charge on any atom is -0.493 e. The van der Waals surface area contributed by atoms with Gasteiger partial charge in [-0.15, -0.1) is 0 Å². The molecule has 0 saturated heterocycles. The number of rotatable bonds is 13. The van der Waals surface area contributed by atoms with Crippen LogP contribution in [0.25, 0.3) is 0 Å². The monoisotopic (exact) mass is 641 g/mol. The maximum Gasteiger partial charge on any atom is 0.264 e. The van der Waals surface area contributed by atoms with Gasteiger partial charge in [-0.05, 0) is 77.9 Å². The molecule has 0 aliphatic heterocycles. The molecule has 4 aromatic rings. The molecule has 0 bridgehead atoms. The lowest BCUT2D eigenvalue weighted by molar-refractivity contribution is -0.119. The van der Waals surface area contributed by atoms with E-state index in [1.165, 1.54) is 57.9 Å². The van der Waals surface area contributed by atoms with Crippen LogP contribution in [0, 0.1) is 5.82 Å². The van der Waals surface area contributed by atoms with Crippen LogP contribution in [0.15, 0.2) is 94.9 Å². The minimum atomic E-state index is -4.31. The van der Waals surface area contributed by atoms with Crippen LogP contribution in [-0.4, -0.2) is 48.4 Å². The number of hydrazone groups is 1. The van der Waals surface area contributed by atoms with Gasteiger partial charge in [0, 0.05) is 11.1 Å². The van der Waals surface area contributed by atoms with Gasteiger partial charge in [-0.25, -0.2) is 18.2 Å². The van der Waals surface area contributed by atoms with Crippen molar-refractivity contribution in [3.63, 3.8) is 0 Å². The normalized spacial score (nSPS) is 11.2. The highest BCUT2D eigenvalue weighted by molar-refractivity contribution is 7.92. The second-order valence-electron chi connectivity index (χ2n) is 9.12. The van der Waals surface area contributed by atoms with Crippen LogP contribution in [0.5, 0.6) is 23.0 Å². The number of carbonyl (C=O) groups excluding carboxylic acids is 1. The Hall–Kier alpha value is -4.81. The molecule has 0 aromatic heterocycles. The van der Waals surface area contributed by atoms with Crippen LogP contribution in [0.2, 0.25) is 5.02 Å². The molecule has 0 unspecified atom stereocenters. The van der Waals surface area contributed by atoms with Gasteiger partial charge in [0.05, 0.1) is 38.1 Å². The lowest BCUT2D eigenvalue weighted by Gasteiger charge is -2.24. The first-order valence-corrected chi connectivity index (χ1v) is 14.8. The van der Waals surface area contributed by atoms with Crippen molar-refractivity contribution in [1.82, 2.24) is 5.43 Å². The fourth-order valence-corrected chi connectivity index (χ4v) is 5.56. The average molecular weight is 642 g/mol. The molecule has 13 heteroatoms. The average Bonchev–Trinajstić information content (AvgIpc) is 3.03. The first kappa shape index (κ1) is 32.1. The molecule has 0 fully saturated rings. The summed E-state index contributed by atoms with van der Waals surface area (Å²) in [6.07, 6.45) is 1.37. The summed E-state index contributed by atoms with van der Waals surface area (Å²) < 4.78 is 63.5. The van der Waals surface area contributed by atoms with Gasteiger partial charge >= 0.3 is 0 Å². The van der Waals surface area contributed by atoms with E-state index in [0.717, 1.165) is 22.0 Å². The molecule has 230 valence electrons. The summed E-state index contributed by atoms with van der Waals surface area (Å²) in [5.41, 5.74) is 3.90. The van der Waals surface area contributed by atoms with Crippen LogP contribution >= 0.6 is 11.6 Å². The molecule has 4 aromatic carbocycles. The van der Waals surface area contributed by atoms with Crippen molar-refractivity contribution >= 4 is 39.4 Å². The SMILES string of the molecule is COc1ccc(S(=O)(=O)N(CC(=O)N/N=C\c2ccc(OCc3ccc(Cl)cc3)c(OC)c2)c2ccc(F)cc2)cc1OC. The molecule has 0 heterocycles. The molecule has 4 rings (SSSR count). The van der Waals surface area contributed by atoms with Crippen molar-refractivity contribution < 1.29 is 36.6 Å². The predicted octanol–water partition coefficient (Wildman–Crippen LogP) is 5.43. The second kappa shape index (κ2) is 14.6. The van der Waals surface area contributed by atoms with E-state index < -0.39 is 28.3 Å². The summed E-state index contributed by atoms with van der Waals surface area (Å²) in [5, 5.41) is 4.59. The number of ether oxygens (including phenoxy) is 4. The number of sulfonamides is 1. The fourth-order valence-electron chi connectivity index (χ4n) is 4.00. The van der Waals surface area contributed by atoms with Crippen molar-refractivity contribution in [1.29, 1.82) is 0 Å². The Balaban J connectivity index is 1.48. The van der Waals surface area contributed by atoms with Gasteiger partial charge in [-0.3, -0.25) is 9.10 Å². The molecule has 0 radical (unpaired) electrons. The number of halogens is 2. The van der Waals surface area contributed by atoms with E-state index >= 15 is 0 Å². The molecule has 0 atom stereocenters. The molecule has 44 heavy (non-hydrogen) atoms. The molecule has 0 aliphatic carbocycles. The van der Waals surface area contributed by atoms with Gasteiger partial charge in [0.2, 0.25) is 0 Å². The topological polar surface area (TPSA) is 116 Å². The van der Waals surface area contributed by atoms with Crippen molar-refractivity contribution in [2.45, 2.75) is 11.5 Å². The summed E-state index contributed by atoms with van der Waals surface area (Å²) in [5.74, 6) is 0.132. The molecular weight excluding hydrogens is 613 g/mol. The van der Waals surface area contributed by atoms with Crippen LogP contribution in [0.3, 0.4) is 0 Å². The number of hydrogen-bond donors (Lipinski definition) is 1. The maximum absolute atomic E-state index is 13.7. The summed E-state index contributed by atoms with van der Waals surface area (Å²) >= 11 is 5.93. The number of nitrogens with zero attached hydrogens (tertiary/aromatic N) is 2. The number of carbonyl (C=O) groups is 1. The number of anilines is 1.